The summed E-state index contributed by atoms with van der Waals surface area (Å²) < 4.78 is 13.2. The van der Waals surface area contributed by atoms with E-state index in [0.717, 1.165) is 53.8 Å². The van der Waals surface area contributed by atoms with E-state index < -0.39 is 0 Å². The summed E-state index contributed by atoms with van der Waals surface area (Å²) in [5, 5.41) is 4.31. The number of fused-ring (bicyclic) bond motifs is 2. The van der Waals surface area contributed by atoms with Crippen molar-refractivity contribution in [2.24, 2.45) is 0 Å². The second-order valence-electron chi connectivity index (χ2n) is 9.18. The minimum Gasteiger partial charge on any atom is -0.492 e. The highest BCUT2D eigenvalue weighted by Gasteiger charge is 2.33. The van der Waals surface area contributed by atoms with E-state index in [2.05, 4.69) is 15.2 Å². The first-order valence-electron chi connectivity index (χ1n) is 11.9. The maximum Gasteiger partial charge on any atom is 0.257 e. The van der Waals surface area contributed by atoms with Gasteiger partial charge in [0.1, 0.15) is 5.75 Å². The molecule has 4 heterocycles. The maximum atomic E-state index is 13.2. The molecule has 0 radical (unpaired) electrons. The van der Waals surface area contributed by atoms with Crippen LogP contribution in [0.15, 0.2) is 16.0 Å². The lowest BCUT2D eigenvalue weighted by Crippen LogP contribution is -2.55. The molecule has 1 fully saturated rings. The van der Waals surface area contributed by atoms with Crippen LogP contribution in [0.1, 0.15) is 33.6 Å². The first kappa shape index (κ1) is 24.4. The highest BCUT2D eigenvalue weighted by atomic mass is 35.5. The van der Waals surface area contributed by atoms with Gasteiger partial charge >= 0.3 is 0 Å². The van der Waals surface area contributed by atoms with Crippen LogP contribution in [0.5, 0.6) is 5.75 Å². The summed E-state index contributed by atoms with van der Waals surface area (Å²) in [5.74, 6) is 1.19. The van der Waals surface area contributed by atoms with Crippen molar-refractivity contribution in [2.45, 2.75) is 50.0 Å². The molecule has 3 aliphatic heterocycles. The zero-order valence-electron chi connectivity index (χ0n) is 19.9. The zero-order valence-corrected chi connectivity index (χ0v) is 21.5. The number of ether oxygens (including phenoxy) is 2. The molecule has 1 aromatic heterocycles. The van der Waals surface area contributed by atoms with Gasteiger partial charge in [0.25, 0.3) is 11.5 Å². The Labute approximate surface area is 213 Å². The summed E-state index contributed by atoms with van der Waals surface area (Å²) in [6, 6.07) is 1.43. The van der Waals surface area contributed by atoms with Crippen molar-refractivity contribution >= 4 is 35.0 Å². The minimum atomic E-state index is -0.240. The van der Waals surface area contributed by atoms with Crippen LogP contribution >= 0.6 is 23.4 Å². The van der Waals surface area contributed by atoms with Crippen LogP contribution in [0.25, 0.3) is 0 Å². The van der Waals surface area contributed by atoms with Crippen LogP contribution in [0.3, 0.4) is 0 Å². The third kappa shape index (κ3) is 4.64. The average Bonchev–Trinajstić information content (AvgIpc) is 3.52. The first-order chi connectivity index (χ1) is 16.9. The van der Waals surface area contributed by atoms with Crippen molar-refractivity contribution in [3.05, 3.63) is 43.8 Å². The van der Waals surface area contributed by atoms with Crippen molar-refractivity contribution < 1.29 is 14.3 Å². The van der Waals surface area contributed by atoms with Gasteiger partial charge in [-0.15, -0.1) is 0 Å². The van der Waals surface area contributed by atoms with E-state index in [9.17, 15) is 9.59 Å². The molecule has 2 atom stereocenters. The summed E-state index contributed by atoms with van der Waals surface area (Å²) in [6.07, 6.45) is 1.84. The molecule has 188 valence electrons. The van der Waals surface area contributed by atoms with Crippen LogP contribution in [0, 0.1) is 6.92 Å². The second-order valence-corrected chi connectivity index (χ2v) is 10.7. The Morgan fingerprint density at radius 1 is 1.43 bits per heavy atom. The SMILES string of the molecule is CO[C@@H]1CN(CCc2c(C)nc3n(c2=O)CCS3)CC[C@@H]1NC(=O)c1cc(Cl)c(N)c2c1OCC2. The van der Waals surface area contributed by atoms with Crippen molar-refractivity contribution in [3.8, 4) is 5.75 Å². The number of aryl methyl sites for hydroxylation is 1. The van der Waals surface area contributed by atoms with Gasteiger partial charge in [-0.3, -0.25) is 14.2 Å². The van der Waals surface area contributed by atoms with Crippen molar-refractivity contribution in [1.82, 2.24) is 19.8 Å². The molecule has 3 N–H and O–H groups in total. The molecule has 0 saturated carbocycles. The Morgan fingerprint density at radius 2 is 2.26 bits per heavy atom. The van der Waals surface area contributed by atoms with Crippen LogP contribution in [0.2, 0.25) is 5.02 Å². The molecule has 0 unspecified atom stereocenters. The molecular weight excluding hydrogens is 490 g/mol. The Morgan fingerprint density at radius 3 is 3.06 bits per heavy atom. The first-order valence-corrected chi connectivity index (χ1v) is 13.3. The van der Waals surface area contributed by atoms with E-state index in [1.165, 1.54) is 0 Å². The molecular formula is C24H30ClN5O4S. The lowest BCUT2D eigenvalue weighted by atomic mass is 9.99. The average molecular weight is 520 g/mol. The molecule has 1 amide bonds. The Bertz CT molecular complexity index is 1220. The minimum absolute atomic E-state index is 0.0832. The summed E-state index contributed by atoms with van der Waals surface area (Å²) in [4.78, 5) is 33.0. The summed E-state index contributed by atoms with van der Waals surface area (Å²) >= 11 is 7.91. The summed E-state index contributed by atoms with van der Waals surface area (Å²) in [5.41, 5.74) is 9.44. The number of nitrogen functional groups attached to an aromatic ring is 1. The summed E-state index contributed by atoms with van der Waals surface area (Å²) in [6.45, 7) is 5.31. The smallest absolute Gasteiger partial charge is 0.257 e. The number of carbonyl (C=O) groups excluding carboxylic acids is 1. The van der Waals surface area contributed by atoms with Gasteiger partial charge in [-0.2, -0.15) is 0 Å². The second kappa shape index (κ2) is 10.0. The van der Waals surface area contributed by atoms with E-state index in [1.807, 2.05) is 6.92 Å². The molecule has 1 saturated heterocycles. The van der Waals surface area contributed by atoms with Crippen molar-refractivity contribution in [3.63, 3.8) is 0 Å². The maximum absolute atomic E-state index is 13.2. The summed E-state index contributed by atoms with van der Waals surface area (Å²) in [7, 11) is 1.66. The van der Waals surface area contributed by atoms with Gasteiger partial charge in [-0.25, -0.2) is 4.98 Å². The predicted octanol–water partition coefficient (Wildman–Crippen LogP) is 1.89. The molecule has 9 nitrogen and oxygen atoms in total. The van der Waals surface area contributed by atoms with E-state index in [1.54, 1.807) is 29.5 Å². The quantitative estimate of drug-likeness (QED) is 0.439. The molecule has 0 spiro atoms. The number of aromatic nitrogens is 2. The van der Waals surface area contributed by atoms with Crippen LogP contribution in [-0.4, -0.2) is 71.6 Å². The molecule has 2 aromatic rings. The van der Waals surface area contributed by atoms with Gasteiger partial charge in [0.15, 0.2) is 5.16 Å². The molecule has 0 aliphatic carbocycles. The van der Waals surface area contributed by atoms with Gasteiger partial charge in [-0.05, 0) is 25.8 Å². The third-order valence-electron chi connectivity index (χ3n) is 7.14. The fourth-order valence-corrected chi connectivity index (χ4v) is 6.35. The lowest BCUT2D eigenvalue weighted by molar-refractivity contribution is 0.00671. The van der Waals surface area contributed by atoms with Crippen LogP contribution < -0.4 is 21.3 Å². The third-order valence-corrected chi connectivity index (χ3v) is 8.41. The van der Waals surface area contributed by atoms with Gasteiger partial charge in [0, 0.05) is 62.3 Å². The highest BCUT2D eigenvalue weighted by molar-refractivity contribution is 7.99. The van der Waals surface area contributed by atoms with Gasteiger partial charge in [-0.1, -0.05) is 23.4 Å². The van der Waals surface area contributed by atoms with Gasteiger partial charge in [0.2, 0.25) is 0 Å². The number of nitrogens with one attached hydrogen (secondary N) is 1. The molecule has 35 heavy (non-hydrogen) atoms. The molecule has 1 aromatic carbocycles. The highest BCUT2D eigenvalue weighted by Crippen LogP contribution is 2.38. The lowest BCUT2D eigenvalue weighted by Gasteiger charge is -2.38. The number of amides is 1. The number of benzene rings is 1. The number of nitrogens with zero attached hydrogens (tertiary/aromatic N) is 3. The number of piperidine rings is 1. The Kier molecular flexibility index (Phi) is 6.98. The number of methoxy groups -OCH3 is 1. The standard InChI is InChI=1S/C24H30ClN5O4S/c1-13-14(23(32)30-8-10-35-24(30)27-13)3-6-29-7-4-18(19(12-29)33-2)28-22(31)16-11-17(25)20(26)15-5-9-34-21(15)16/h11,18-19H,3-10,12,26H2,1-2H3,(H,28,31)/t18-,19+/m0/s1. The van der Waals surface area contributed by atoms with E-state index in [4.69, 9.17) is 26.8 Å². The van der Waals surface area contributed by atoms with Crippen molar-refractivity contribution in [2.75, 3.05) is 44.8 Å². The van der Waals surface area contributed by atoms with E-state index >= 15 is 0 Å². The zero-order chi connectivity index (χ0) is 24.7. The topological polar surface area (TPSA) is 112 Å². The number of hydrogen-bond donors (Lipinski definition) is 2. The molecule has 3 aliphatic rings. The van der Waals surface area contributed by atoms with Crippen LogP contribution in [0.4, 0.5) is 5.69 Å². The number of halogens is 1. The number of hydrogen-bond acceptors (Lipinski definition) is 8. The normalized spacial score (nSPS) is 21.5. The van der Waals surface area contributed by atoms with Gasteiger partial charge < -0.3 is 25.4 Å². The van der Waals surface area contributed by atoms with E-state index in [-0.39, 0.29) is 23.6 Å². The number of rotatable bonds is 6. The van der Waals surface area contributed by atoms with Gasteiger partial charge in [0.05, 0.1) is 35.0 Å². The number of likely N-dealkylation sites (tertiary alicyclic amines) is 1. The van der Waals surface area contributed by atoms with E-state index in [0.29, 0.717) is 48.0 Å². The molecule has 5 rings (SSSR count). The number of anilines is 1. The molecule has 0 bridgehead atoms. The fraction of sp³-hybridized carbons (Fsp3) is 0.542. The number of thioether (sulfide) groups is 1. The Balaban J connectivity index is 1.23. The largest absolute Gasteiger partial charge is 0.492 e. The monoisotopic (exact) mass is 519 g/mol. The predicted molar refractivity (Wildman–Crippen MR) is 136 cm³/mol. The van der Waals surface area contributed by atoms with Crippen LogP contribution in [-0.2, 0) is 24.1 Å². The Hall–Kier alpha value is -2.27. The fourth-order valence-electron chi connectivity index (χ4n) is 5.14. The number of nitrogens with two attached hydrogens (primary N) is 1. The molecule has 11 heteroatoms. The van der Waals surface area contributed by atoms with Crippen molar-refractivity contribution in [1.29, 1.82) is 0 Å². The number of carbonyl (C=O) groups is 1.